The number of ketones is 2. The van der Waals surface area contributed by atoms with E-state index < -0.39 is 5.54 Å². The molecular weight excluding hydrogens is 158 g/mol. The minimum absolute atomic E-state index is 0.000278. The molecular formula is C8H9NO3. The van der Waals surface area contributed by atoms with E-state index in [2.05, 4.69) is 5.32 Å². The summed E-state index contributed by atoms with van der Waals surface area (Å²) < 4.78 is 0. The highest BCUT2D eigenvalue weighted by Crippen LogP contribution is 2.31. The van der Waals surface area contributed by atoms with Crippen molar-refractivity contribution in [1.29, 1.82) is 0 Å². The summed E-state index contributed by atoms with van der Waals surface area (Å²) in [6.45, 7) is 0. The van der Waals surface area contributed by atoms with Gasteiger partial charge in [0.1, 0.15) is 11.3 Å². The third-order valence-corrected chi connectivity index (χ3v) is 2.56. The first-order valence-electron chi connectivity index (χ1n) is 3.98. The summed E-state index contributed by atoms with van der Waals surface area (Å²) in [4.78, 5) is 32.8. The van der Waals surface area contributed by atoms with Crippen LogP contribution in [0.1, 0.15) is 25.7 Å². The van der Waals surface area contributed by atoms with E-state index in [1.807, 2.05) is 0 Å². The normalized spacial score (nSPS) is 34.8. The van der Waals surface area contributed by atoms with Crippen molar-refractivity contribution in [3.05, 3.63) is 0 Å². The molecule has 1 aliphatic heterocycles. The summed E-state index contributed by atoms with van der Waals surface area (Å²) in [5.74, 6) is -0.206. The van der Waals surface area contributed by atoms with Gasteiger partial charge in [-0.1, -0.05) is 0 Å². The molecule has 0 radical (unpaired) electrons. The number of rotatable bonds is 0. The Morgan fingerprint density at radius 2 is 1.92 bits per heavy atom. The quantitative estimate of drug-likeness (QED) is 0.393. The SMILES string of the molecule is O=C1CCC2(CC(=O)N2)C(=O)C1. The minimum Gasteiger partial charge on any atom is -0.343 e. The zero-order chi connectivity index (χ0) is 8.77. The Labute approximate surface area is 69.3 Å². The second kappa shape index (κ2) is 2.15. The van der Waals surface area contributed by atoms with Crippen LogP contribution in [0, 0.1) is 0 Å². The molecule has 4 nitrogen and oxygen atoms in total. The van der Waals surface area contributed by atoms with Gasteiger partial charge in [0.05, 0.1) is 12.8 Å². The summed E-state index contributed by atoms with van der Waals surface area (Å²) in [6.07, 6.45) is 1.20. The molecule has 4 heteroatoms. The molecule has 64 valence electrons. The maximum absolute atomic E-state index is 11.3. The first kappa shape index (κ1) is 7.46. The highest BCUT2D eigenvalue weighted by atomic mass is 16.2. The number of carbonyl (C=O) groups is 3. The number of hydrogen-bond donors (Lipinski definition) is 1. The fourth-order valence-corrected chi connectivity index (χ4v) is 1.77. The van der Waals surface area contributed by atoms with E-state index >= 15 is 0 Å². The Morgan fingerprint density at radius 3 is 2.42 bits per heavy atom. The van der Waals surface area contributed by atoms with E-state index in [1.165, 1.54) is 0 Å². The van der Waals surface area contributed by atoms with Gasteiger partial charge >= 0.3 is 0 Å². The Kier molecular flexibility index (Phi) is 1.34. The number of β-lactam (4-membered cyclic amide) rings is 1. The lowest BCUT2D eigenvalue weighted by Crippen LogP contribution is -2.67. The minimum atomic E-state index is -0.648. The number of nitrogens with one attached hydrogen (secondary N) is 1. The van der Waals surface area contributed by atoms with Gasteiger partial charge in [-0.25, -0.2) is 0 Å². The smallest absolute Gasteiger partial charge is 0.223 e. The lowest BCUT2D eigenvalue weighted by molar-refractivity contribution is -0.148. The van der Waals surface area contributed by atoms with Gasteiger partial charge in [0, 0.05) is 6.42 Å². The molecule has 0 aromatic rings. The highest BCUT2D eigenvalue weighted by Gasteiger charge is 2.51. The molecule has 2 rings (SSSR count). The van der Waals surface area contributed by atoms with Gasteiger partial charge in [-0.05, 0) is 6.42 Å². The van der Waals surface area contributed by atoms with Gasteiger partial charge in [0.25, 0.3) is 0 Å². The average molecular weight is 167 g/mol. The zero-order valence-corrected chi connectivity index (χ0v) is 6.55. The predicted molar refractivity (Wildman–Crippen MR) is 39.4 cm³/mol. The van der Waals surface area contributed by atoms with E-state index in [0.29, 0.717) is 12.8 Å². The van der Waals surface area contributed by atoms with Crippen LogP contribution in [0.2, 0.25) is 0 Å². The number of amides is 1. The van der Waals surface area contributed by atoms with E-state index in [0.717, 1.165) is 0 Å². The van der Waals surface area contributed by atoms with Gasteiger partial charge in [-0.15, -0.1) is 0 Å². The van der Waals surface area contributed by atoms with Crippen molar-refractivity contribution >= 4 is 17.5 Å². The predicted octanol–water partition coefficient (Wildman–Crippen LogP) is -0.433. The van der Waals surface area contributed by atoms with Crippen molar-refractivity contribution in [3.8, 4) is 0 Å². The molecule has 1 N–H and O–H groups in total. The number of hydrogen-bond acceptors (Lipinski definition) is 3. The van der Waals surface area contributed by atoms with Gasteiger partial charge < -0.3 is 5.32 Å². The van der Waals surface area contributed by atoms with Crippen LogP contribution in [-0.4, -0.2) is 23.0 Å². The van der Waals surface area contributed by atoms with Crippen LogP contribution in [-0.2, 0) is 14.4 Å². The molecule has 1 amide bonds. The van der Waals surface area contributed by atoms with Crippen molar-refractivity contribution in [2.24, 2.45) is 0 Å². The monoisotopic (exact) mass is 167 g/mol. The van der Waals surface area contributed by atoms with E-state index in [9.17, 15) is 14.4 Å². The average Bonchev–Trinajstić information content (AvgIpc) is 1.93. The Morgan fingerprint density at radius 1 is 1.25 bits per heavy atom. The van der Waals surface area contributed by atoms with Crippen molar-refractivity contribution in [2.75, 3.05) is 0 Å². The highest BCUT2D eigenvalue weighted by molar-refractivity contribution is 6.11. The number of Topliss-reactive ketones (excluding diaryl/α,β-unsaturated/α-hetero) is 2. The Bertz CT molecular complexity index is 274. The fourth-order valence-electron chi connectivity index (χ4n) is 1.77. The van der Waals surface area contributed by atoms with E-state index in [-0.39, 0.29) is 30.3 Å². The second-order valence-corrected chi connectivity index (χ2v) is 3.45. The molecule has 1 saturated heterocycles. The molecule has 1 spiro atoms. The third-order valence-electron chi connectivity index (χ3n) is 2.56. The van der Waals surface area contributed by atoms with Crippen molar-refractivity contribution < 1.29 is 14.4 Å². The summed E-state index contributed by atoms with van der Waals surface area (Å²) in [5.41, 5.74) is -0.648. The van der Waals surface area contributed by atoms with E-state index in [4.69, 9.17) is 0 Å². The van der Waals surface area contributed by atoms with Gasteiger partial charge in [-0.2, -0.15) is 0 Å². The first-order chi connectivity index (χ1) is 5.62. The number of carbonyl (C=O) groups excluding carboxylic acids is 3. The Balaban J connectivity index is 2.13. The molecule has 12 heavy (non-hydrogen) atoms. The van der Waals surface area contributed by atoms with E-state index in [1.54, 1.807) is 0 Å². The standard InChI is InChI=1S/C8H9NO3/c10-5-1-2-8(6(11)3-5)4-7(12)9-8/h1-4H2,(H,9,12). The second-order valence-electron chi connectivity index (χ2n) is 3.45. The maximum Gasteiger partial charge on any atom is 0.223 e. The summed E-state index contributed by atoms with van der Waals surface area (Å²) >= 11 is 0. The summed E-state index contributed by atoms with van der Waals surface area (Å²) in [5, 5.41) is 2.59. The van der Waals surface area contributed by atoms with Crippen LogP contribution in [0.15, 0.2) is 0 Å². The third kappa shape index (κ3) is 0.873. The van der Waals surface area contributed by atoms with Crippen LogP contribution >= 0.6 is 0 Å². The Hall–Kier alpha value is -1.19. The molecule has 0 bridgehead atoms. The molecule has 0 aromatic carbocycles. The summed E-state index contributed by atoms with van der Waals surface area (Å²) in [6, 6.07) is 0. The van der Waals surface area contributed by atoms with Crippen molar-refractivity contribution in [1.82, 2.24) is 5.32 Å². The van der Waals surface area contributed by atoms with Gasteiger partial charge in [0.2, 0.25) is 5.91 Å². The van der Waals surface area contributed by atoms with Crippen LogP contribution < -0.4 is 5.32 Å². The van der Waals surface area contributed by atoms with Gasteiger partial charge in [-0.3, -0.25) is 14.4 Å². The van der Waals surface area contributed by atoms with Gasteiger partial charge in [0.15, 0.2) is 5.78 Å². The zero-order valence-electron chi connectivity index (χ0n) is 6.55. The van der Waals surface area contributed by atoms with Crippen LogP contribution in [0.3, 0.4) is 0 Å². The maximum atomic E-state index is 11.3. The largest absolute Gasteiger partial charge is 0.343 e. The first-order valence-corrected chi connectivity index (χ1v) is 3.98. The molecule has 1 atom stereocenters. The fraction of sp³-hybridized carbons (Fsp3) is 0.625. The molecule has 0 aromatic heterocycles. The van der Waals surface area contributed by atoms with Crippen LogP contribution in [0.5, 0.6) is 0 Å². The van der Waals surface area contributed by atoms with Crippen LogP contribution in [0.25, 0.3) is 0 Å². The molecule has 1 saturated carbocycles. The lowest BCUT2D eigenvalue weighted by atomic mass is 9.73. The molecule has 1 unspecified atom stereocenters. The molecule has 2 aliphatic rings. The molecule has 2 fully saturated rings. The van der Waals surface area contributed by atoms with Crippen LogP contribution in [0.4, 0.5) is 0 Å². The van der Waals surface area contributed by atoms with Crippen molar-refractivity contribution in [2.45, 2.75) is 31.2 Å². The molecule has 1 heterocycles. The topological polar surface area (TPSA) is 63.2 Å². The molecule has 1 aliphatic carbocycles. The summed E-state index contributed by atoms with van der Waals surface area (Å²) in [7, 11) is 0. The lowest BCUT2D eigenvalue weighted by Gasteiger charge is -2.42. The van der Waals surface area contributed by atoms with Crippen molar-refractivity contribution in [3.63, 3.8) is 0 Å².